The summed E-state index contributed by atoms with van der Waals surface area (Å²) < 4.78 is 5.16. The van der Waals surface area contributed by atoms with E-state index < -0.39 is 0 Å². The molecule has 0 radical (unpaired) electrons. The van der Waals surface area contributed by atoms with Gasteiger partial charge in [-0.2, -0.15) is 0 Å². The van der Waals surface area contributed by atoms with Gasteiger partial charge in [0.25, 0.3) is 0 Å². The second kappa shape index (κ2) is 14.4. The largest absolute Gasteiger partial charge is 0.463 e. The number of carbonyl (C=O) groups is 1. The van der Waals surface area contributed by atoms with Crippen molar-refractivity contribution in [2.24, 2.45) is 11.8 Å². The summed E-state index contributed by atoms with van der Waals surface area (Å²) in [5.74, 6) is 1.83. The summed E-state index contributed by atoms with van der Waals surface area (Å²) in [4.78, 5) is 11.5. The number of ether oxygens (including phenoxy) is 1. The molecular formula is C23H42O2. The van der Waals surface area contributed by atoms with Crippen LogP contribution in [0, 0.1) is 11.8 Å². The second-order valence-corrected chi connectivity index (χ2v) is 8.15. The minimum absolute atomic E-state index is 0.00832. The summed E-state index contributed by atoms with van der Waals surface area (Å²) in [6.45, 7) is 6.09. The Bertz CT molecular complexity index is 359. The van der Waals surface area contributed by atoms with Gasteiger partial charge in [-0.15, -0.1) is 0 Å². The van der Waals surface area contributed by atoms with Crippen LogP contribution in [0.5, 0.6) is 0 Å². The van der Waals surface area contributed by atoms with Gasteiger partial charge in [0.1, 0.15) is 0 Å². The van der Waals surface area contributed by atoms with Gasteiger partial charge in [-0.3, -0.25) is 4.79 Å². The second-order valence-electron chi connectivity index (χ2n) is 8.15. The van der Waals surface area contributed by atoms with Gasteiger partial charge < -0.3 is 4.74 Å². The van der Waals surface area contributed by atoms with Crippen LogP contribution in [-0.4, -0.2) is 12.1 Å². The summed E-state index contributed by atoms with van der Waals surface area (Å²) in [7, 11) is 0. The molecule has 146 valence electrons. The Hall–Kier alpha value is -0.790. The average Bonchev–Trinajstić information content (AvgIpc) is 3.00. The first-order valence-corrected chi connectivity index (χ1v) is 11.0. The van der Waals surface area contributed by atoms with Gasteiger partial charge in [0.2, 0.25) is 0 Å². The van der Waals surface area contributed by atoms with Gasteiger partial charge in [-0.05, 0) is 51.4 Å². The number of esters is 1. The van der Waals surface area contributed by atoms with Crippen LogP contribution < -0.4 is 0 Å². The topological polar surface area (TPSA) is 26.3 Å². The average molecular weight is 351 g/mol. The standard InChI is InChI=1S/C23H42O2/c1-4-5-6-7-8-11-15-21-17-14-18-22(21)16-12-9-10-13-19-23(24)25-20(2)3/h9,12,20-22H,4-8,10-11,13-19H2,1-3H3/t21-,22-/m0/s1. The first-order chi connectivity index (χ1) is 12.1. The van der Waals surface area contributed by atoms with E-state index in [0.717, 1.165) is 24.7 Å². The number of carbonyl (C=O) groups excluding carboxylic acids is 1. The zero-order valence-corrected chi connectivity index (χ0v) is 17.1. The molecule has 25 heavy (non-hydrogen) atoms. The molecule has 0 unspecified atom stereocenters. The summed E-state index contributed by atoms with van der Waals surface area (Å²) in [6.07, 6.45) is 22.6. The Morgan fingerprint density at radius 3 is 2.48 bits per heavy atom. The zero-order chi connectivity index (χ0) is 18.3. The fourth-order valence-corrected chi connectivity index (χ4v) is 4.07. The summed E-state index contributed by atoms with van der Waals surface area (Å²) in [5, 5.41) is 0. The van der Waals surface area contributed by atoms with E-state index >= 15 is 0 Å². The van der Waals surface area contributed by atoms with Crippen LogP contribution >= 0.6 is 0 Å². The van der Waals surface area contributed by atoms with Gasteiger partial charge in [-0.1, -0.05) is 76.9 Å². The molecule has 0 N–H and O–H groups in total. The van der Waals surface area contributed by atoms with Gasteiger partial charge >= 0.3 is 5.97 Å². The maximum atomic E-state index is 11.5. The Balaban J connectivity index is 2.07. The first-order valence-electron chi connectivity index (χ1n) is 11.0. The highest BCUT2D eigenvalue weighted by atomic mass is 16.5. The van der Waals surface area contributed by atoms with Crippen LogP contribution in [0.3, 0.4) is 0 Å². The molecule has 2 heteroatoms. The van der Waals surface area contributed by atoms with Crippen molar-refractivity contribution in [3.63, 3.8) is 0 Å². The molecule has 0 spiro atoms. The number of unbranched alkanes of at least 4 members (excludes halogenated alkanes) is 6. The molecule has 2 atom stereocenters. The Labute approximate surface area is 156 Å². The van der Waals surface area contributed by atoms with Crippen LogP contribution in [-0.2, 0) is 9.53 Å². The van der Waals surface area contributed by atoms with Crippen molar-refractivity contribution in [1.29, 1.82) is 0 Å². The molecule has 1 aliphatic carbocycles. The molecule has 1 rings (SSSR count). The minimum Gasteiger partial charge on any atom is -0.463 e. The van der Waals surface area contributed by atoms with E-state index in [-0.39, 0.29) is 12.1 Å². The highest BCUT2D eigenvalue weighted by Crippen LogP contribution is 2.37. The summed E-state index contributed by atoms with van der Waals surface area (Å²) in [6, 6.07) is 0. The van der Waals surface area contributed by atoms with Gasteiger partial charge in [0, 0.05) is 6.42 Å². The quantitative estimate of drug-likeness (QED) is 0.188. The van der Waals surface area contributed by atoms with Crippen LogP contribution in [0.2, 0.25) is 0 Å². The Morgan fingerprint density at radius 1 is 1.00 bits per heavy atom. The fourth-order valence-electron chi connectivity index (χ4n) is 4.07. The van der Waals surface area contributed by atoms with E-state index in [0.29, 0.717) is 6.42 Å². The van der Waals surface area contributed by atoms with Crippen LogP contribution in [0.15, 0.2) is 12.2 Å². The molecule has 0 aromatic carbocycles. The van der Waals surface area contributed by atoms with Crippen LogP contribution in [0.4, 0.5) is 0 Å². The maximum Gasteiger partial charge on any atom is 0.306 e. The fraction of sp³-hybridized carbons (Fsp3) is 0.870. The molecule has 0 aliphatic heterocycles. The van der Waals surface area contributed by atoms with Gasteiger partial charge in [0.05, 0.1) is 6.10 Å². The molecule has 1 saturated carbocycles. The van der Waals surface area contributed by atoms with Crippen molar-refractivity contribution in [2.45, 2.75) is 117 Å². The van der Waals surface area contributed by atoms with E-state index in [4.69, 9.17) is 4.74 Å². The van der Waals surface area contributed by atoms with Crippen molar-refractivity contribution in [3.05, 3.63) is 12.2 Å². The number of allylic oxidation sites excluding steroid dienone is 2. The monoisotopic (exact) mass is 350 g/mol. The lowest BCUT2D eigenvalue weighted by molar-refractivity contribution is -0.147. The zero-order valence-electron chi connectivity index (χ0n) is 17.1. The minimum atomic E-state index is -0.0572. The molecule has 0 aromatic rings. The molecule has 0 heterocycles. The SMILES string of the molecule is CCCCCCCC[C@H]1CCC[C@@H]1CC=CCCCC(=O)OC(C)C. The maximum absolute atomic E-state index is 11.5. The molecule has 0 amide bonds. The molecule has 1 fully saturated rings. The third kappa shape index (κ3) is 11.4. The summed E-state index contributed by atoms with van der Waals surface area (Å²) in [5.41, 5.74) is 0. The highest BCUT2D eigenvalue weighted by molar-refractivity contribution is 5.69. The van der Waals surface area contributed by atoms with Crippen LogP contribution in [0.1, 0.15) is 111 Å². The van der Waals surface area contributed by atoms with Crippen molar-refractivity contribution in [2.75, 3.05) is 0 Å². The van der Waals surface area contributed by atoms with Gasteiger partial charge in [0.15, 0.2) is 0 Å². The highest BCUT2D eigenvalue weighted by Gasteiger charge is 2.25. The van der Waals surface area contributed by atoms with Gasteiger partial charge in [-0.25, -0.2) is 0 Å². The molecule has 1 aliphatic rings. The summed E-state index contributed by atoms with van der Waals surface area (Å²) >= 11 is 0. The first kappa shape index (κ1) is 22.3. The number of rotatable bonds is 14. The van der Waals surface area contributed by atoms with Crippen LogP contribution in [0.25, 0.3) is 0 Å². The van der Waals surface area contributed by atoms with E-state index in [1.54, 1.807) is 0 Å². The molecule has 2 nitrogen and oxygen atoms in total. The normalized spacial score (nSPS) is 20.6. The van der Waals surface area contributed by atoms with Crippen molar-refractivity contribution >= 4 is 5.97 Å². The van der Waals surface area contributed by atoms with Crippen molar-refractivity contribution < 1.29 is 9.53 Å². The lowest BCUT2D eigenvalue weighted by Gasteiger charge is -2.18. The molecular weight excluding hydrogens is 308 g/mol. The third-order valence-corrected chi connectivity index (χ3v) is 5.47. The lowest BCUT2D eigenvalue weighted by atomic mass is 9.88. The molecule has 0 bridgehead atoms. The number of hydrogen-bond acceptors (Lipinski definition) is 2. The predicted octanol–water partition coefficient (Wildman–Crippen LogP) is 7.22. The Kier molecular flexibility index (Phi) is 12.8. The van der Waals surface area contributed by atoms with E-state index in [9.17, 15) is 4.79 Å². The molecule has 0 aromatic heterocycles. The third-order valence-electron chi connectivity index (χ3n) is 5.47. The lowest BCUT2D eigenvalue weighted by Crippen LogP contribution is -2.10. The number of hydrogen-bond donors (Lipinski definition) is 0. The Morgan fingerprint density at radius 2 is 1.72 bits per heavy atom. The van der Waals surface area contributed by atoms with E-state index in [1.165, 1.54) is 70.6 Å². The predicted molar refractivity (Wildman–Crippen MR) is 108 cm³/mol. The molecule has 0 saturated heterocycles. The van der Waals surface area contributed by atoms with Crippen molar-refractivity contribution in [1.82, 2.24) is 0 Å². The van der Waals surface area contributed by atoms with E-state index in [2.05, 4.69) is 19.1 Å². The van der Waals surface area contributed by atoms with E-state index in [1.807, 2.05) is 13.8 Å². The smallest absolute Gasteiger partial charge is 0.306 e. The van der Waals surface area contributed by atoms with Crippen molar-refractivity contribution in [3.8, 4) is 0 Å².